The molecule has 0 saturated carbocycles. The summed E-state index contributed by atoms with van der Waals surface area (Å²) < 4.78 is 14.2. The number of hydrogen-bond acceptors (Lipinski definition) is 6. The Kier molecular flexibility index (Phi) is 6.08. The quantitative estimate of drug-likeness (QED) is 0.491. The fourth-order valence-corrected chi connectivity index (χ4v) is 5.58. The van der Waals surface area contributed by atoms with Gasteiger partial charge in [0.25, 0.3) is 0 Å². The third kappa shape index (κ3) is 4.47. The predicted molar refractivity (Wildman–Crippen MR) is 136 cm³/mol. The number of nitrogens with one attached hydrogen (secondary N) is 1. The molecule has 10 heteroatoms. The number of thiazole rings is 1. The number of aromatic nitrogens is 2. The molecule has 0 spiro atoms. The minimum Gasteiger partial charge on any atom is -0.355 e. The van der Waals surface area contributed by atoms with Crippen molar-refractivity contribution in [2.45, 2.75) is 18.5 Å². The summed E-state index contributed by atoms with van der Waals surface area (Å²) in [4.78, 5) is 25.2. The molecular weight excluding hydrogens is 480 g/mol. The molecule has 2 aliphatic rings. The predicted octanol–water partition coefficient (Wildman–Crippen LogP) is 5.14. The lowest BCUT2D eigenvalue weighted by Crippen LogP contribution is -2.31. The minimum atomic E-state index is -0.272. The van der Waals surface area contributed by atoms with E-state index < -0.39 is 0 Å². The summed E-state index contributed by atoms with van der Waals surface area (Å²) in [7, 11) is 2.59. The van der Waals surface area contributed by atoms with Gasteiger partial charge in [0.1, 0.15) is 11.6 Å². The molecule has 2 aliphatic heterocycles. The van der Waals surface area contributed by atoms with E-state index in [-0.39, 0.29) is 17.4 Å². The van der Waals surface area contributed by atoms with Gasteiger partial charge in [-0.3, -0.25) is 9.78 Å². The second kappa shape index (κ2) is 9.01. The number of rotatable bonds is 5. The van der Waals surface area contributed by atoms with Gasteiger partial charge < -0.3 is 15.1 Å². The molecule has 0 aliphatic carbocycles. The van der Waals surface area contributed by atoms with E-state index in [1.807, 2.05) is 6.07 Å². The summed E-state index contributed by atoms with van der Waals surface area (Å²) in [6, 6.07) is 6.39. The molecule has 1 N–H and O–H groups in total. The van der Waals surface area contributed by atoms with E-state index in [0.29, 0.717) is 23.2 Å². The van der Waals surface area contributed by atoms with Crippen molar-refractivity contribution in [2.75, 3.05) is 29.9 Å². The summed E-state index contributed by atoms with van der Waals surface area (Å²) in [5.74, 6) is 0.548. The fraction of sp³-hybridized carbons (Fsp3) is 0.261. The van der Waals surface area contributed by atoms with E-state index in [9.17, 15) is 9.18 Å². The highest BCUT2D eigenvalue weighted by atomic mass is 35.5. The second-order valence-corrected chi connectivity index (χ2v) is 10.3. The van der Waals surface area contributed by atoms with Gasteiger partial charge in [-0.2, -0.15) is 0 Å². The standard InChI is InChI=1S/C23H22ClFN5OPS/c1-13(27-23-28-18-3-2-15(25)10-20(18)33-23)29-7-4-14(5-8-29)21-17(24)11-16(12-26-21)30-9-6-19(32)22(30)31/h2-4,10-12,19H,1,5-9,32H2,(H,27,28). The zero-order valence-electron chi connectivity index (χ0n) is 17.7. The number of fused-ring (bicyclic) bond motifs is 1. The highest BCUT2D eigenvalue weighted by Crippen LogP contribution is 2.33. The van der Waals surface area contributed by atoms with Crippen LogP contribution in [0.15, 0.2) is 48.9 Å². The topological polar surface area (TPSA) is 61.4 Å². The molecule has 5 rings (SSSR count). The summed E-state index contributed by atoms with van der Waals surface area (Å²) in [6.07, 6.45) is 5.40. The first-order chi connectivity index (χ1) is 15.9. The van der Waals surface area contributed by atoms with Crippen molar-refractivity contribution >= 4 is 64.7 Å². The van der Waals surface area contributed by atoms with Crippen molar-refractivity contribution in [3.8, 4) is 0 Å². The number of amides is 1. The van der Waals surface area contributed by atoms with Gasteiger partial charge in [-0.05, 0) is 42.7 Å². The minimum absolute atomic E-state index is 0.0406. The summed E-state index contributed by atoms with van der Waals surface area (Å²) >= 11 is 7.95. The first kappa shape index (κ1) is 22.3. The second-order valence-electron chi connectivity index (χ2n) is 8.04. The third-order valence-corrected chi connectivity index (χ3v) is 7.72. The molecule has 2 aromatic heterocycles. The Labute approximate surface area is 202 Å². The molecule has 6 nitrogen and oxygen atoms in total. The zero-order valence-corrected chi connectivity index (χ0v) is 20.4. The van der Waals surface area contributed by atoms with E-state index in [4.69, 9.17) is 11.6 Å². The van der Waals surface area contributed by atoms with Crippen LogP contribution in [-0.2, 0) is 4.79 Å². The number of benzene rings is 1. The van der Waals surface area contributed by atoms with Crippen LogP contribution in [0.3, 0.4) is 0 Å². The molecule has 2 atom stereocenters. The number of carbonyl (C=O) groups is 1. The Hall–Kier alpha value is -2.54. The molecule has 170 valence electrons. The SMILES string of the molecule is C=C(Nc1nc2ccc(F)cc2s1)N1CC=C(c2ncc(N3CCC(P)C3=O)cc2Cl)CC1. The fourth-order valence-electron chi connectivity index (χ4n) is 4.05. The molecule has 33 heavy (non-hydrogen) atoms. The normalized spacial score (nSPS) is 18.7. The lowest BCUT2D eigenvalue weighted by molar-refractivity contribution is -0.116. The largest absolute Gasteiger partial charge is 0.355 e. The number of nitrogens with zero attached hydrogens (tertiary/aromatic N) is 4. The maximum atomic E-state index is 13.4. The van der Waals surface area contributed by atoms with Crippen molar-refractivity contribution in [1.82, 2.24) is 14.9 Å². The smallest absolute Gasteiger partial charge is 0.234 e. The van der Waals surface area contributed by atoms with Gasteiger partial charge in [0.05, 0.1) is 38.5 Å². The molecule has 1 aromatic carbocycles. The number of anilines is 2. The summed E-state index contributed by atoms with van der Waals surface area (Å²) in [6.45, 7) is 6.22. The van der Waals surface area contributed by atoms with Crippen LogP contribution >= 0.6 is 32.2 Å². The van der Waals surface area contributed by atoms with Crippen LogP contribution < -0.4 is 10.2 Å². The maximum absolute atomic E-state index is 13.4. The van der Waals surface area contributed by atoms with E-state index >= 15 is 0 Å². The third-order valence-electron chi connectivity index (χ3n) is 5.88. The lowest BCUT2D eigenvalue weighted by atomic mass is 10.0. The van der Waals surface area contributed by atoms with Crippen LogP contribution in [0.5, 0.6) is 0 Å². The van der Waals surface area contributed by atoms with Crippen LogP contribution in [-0.4, -0.2) is 46.1 Å². The van der Waals surface area contributed by atoms with Gasteiger partial charge in [0.15, 0.2) is 5.13 Å². The van der Waals surface area contributed by atoms with E-state index in [1.165, 1.54) is 23.5 Å². The van der Waals surface area contributed by atoms with Crippen molar-refractivity contribution in [3.63, 3.8) is 0 Å². The molecule has 1 amide bonds. The zero-order chi connectivity index (χ0) is 23.1. The van der Waals surface area contributed by atoms with E-state index in [1.54, 1.807) is 17.2 Å². The summed E-state index contributed by atoms with van der Waals surface area (Å²) in [5, 5.41) is 4.47. The molecule has 0 radical (unpaired) electrons. The molecular formula is C23H22ClFN5OPS. The molecule has 1 fully saturated rings. The Morgan fingerprint density at radius 2 is 2.18 bits per heavy atom. The Morgan fingerprint density at radius 3 is 2.88 bits per heavy atom. The van der Waals surface area contributed by atoms with Crippen molar-refractivity contribution in [3.05, 3.63) is 65.5 Å². The highest BCUT2D eigenvalue weighted by Gasteiger charge is 2.30. The number of carbonyl (C=O) groups excluding carboxylic acids is 1. The number of hydrogen-bond donors (Lipinski definition) is 1. The highest BCUT2D eigenvalue weighted by molar-refractivity contribution is 7.22. The Bertz CT molecular complexity index is 1300. The monoisotopic (exact) mass is 501 g/mol. The van der Waals surface area contributed by atoms with Crippen LogP contribution in [0.4, 0.5) is 15.2 Å². The van der Waals surface area contributed by atoms with Crippen molar-refractivity contribution < 1.29 is 9.18 Å². The molecule has 2 unspecified atom stereocenters. The number of pyridine rings is 1. The van der Waals surface area contributed by atoms with Gasteiger partial charge >= 0.3 is 0 Å². The van der Waals surface area contributed by atoms with Gasteiger partial charge in [0.2, 0.25) is 5.91 Å². The van der Waals surface area contributed by atoms with Crippen molar-refractivity contribution in [2.24, 2.45) is 0 Å². The summed E-state index contributed by atoms with van der Waals surface area (Å²) in [5.41, 5.74) is 3.28. The molecule has 1 saturated heterocycles. The maximum Gasteiger partial charge on any atom is 0.234 e. The molecule has 4 heterocycles. The average molecular weight is 502 g/mol. The lowest BCUT2D eigenvalue weighted by Gasteiger charge is -2.30. The average Bonchev–Trinajstić information content (AvgIpc) is 3.35. The Balaban J connectivity index is 1.25. The van der Waals surface area contributed by atoms with Crippen LogP contribution in [0, 0.1) is 5.82 Å². The van der Waals surface area contributed by atoms with Crippen LogP contribution in [0.2, 0.25) is 5.02 Å². The Morgan fingerprint density at radius 1 is 1.33 bits per heavy atom. The van der Waals surface area contributed by atoms with Crippen LogP contribution in [0.1, 0.15) is 18.5 Å². The van der Waals surface area contributed by atoms with Gasteiger partial charge in [-0.25, -0.2) is 9.37 Å². The first-order valence-corrected chi connectivity index (χ1v) is 12.4. The molecule has 3 aromatic rings. The van der Waals surface area contributed by atoms with Crippen molar-refractivity contribution in [1.29, 1.82) is 0 Å². The number of halogens is 2. The first-order valence-electron chi connectivity index (χ1n) is 10.6. The van der Waals surface area contributed by atoms with E-state index in [0.717, 1.165) is 52.4 Å². The molecule has 0 bridgehead atoms. The van der Waals surface area contributed by atoms with Gasteiger partial charge in [-0.1, -0.05) is 35.6 Å². The van der Waals surface area contributed by atoms with E-state index in [2.05, 4.69) is 42.1 Å². The van der Waals surface area contributed by atoms with Gasteiger partial charge in [0, 0.05) is 19.6 Å². The van der Waals surface area contributed by atoms with Gasteiger partial charge in [-0.15, -0.1) is 9.24 Å². The van der Waals surface area contributed by atoms with Crippen LogP contribution in [0.25, 0.3) is 15.8 Å².